The van der Waals surface area contributed by atoms with Crippen molar-refractivity contribution in [1.29, 1.82) is 5.26 Å². The second kappa shape index (κ2) is 10.4. The summed E-state index contributed by atoms with van der Waals surface area (Å²) in [6.45, 7) is 0.121. The van der Waals surface area contributed by atoms with Gasteiger partial charge in [0.25, 0.3) is 11.6 Å². The van der Waals surface area contributed by atoms with E-state index in [0.717, 1.165) is 6.07 Å². The number of amides is 1. The van der Waals surface area contributed by atoms with Gasteiger partial charge in [-0.1, -0.05) is 6.07 Å². The van der Waals surface area contributed by atoms with Crippen molar-refractivity contribution < 1.29 is 24.0 Å². The van der Waals surface area contributed by atoms with Crippen LogP contribution in [-0.4, -0.2) is 43.7 Å². The van der Waals surface area contributed by atoms with E-state index in [9.17, 15) is 19.7 Å². The lowest BCUT2D eigenvalue weighted by Crippen LogP contribution is -2.21. The molecule has 0 atom stereocenters. The Morgan fingerprint density at radius 1 is 1.24 bits per heavy atom. The number of nitriles is 1. The van der Waals surface area contributed by atoms with Gasteiger partial charge in [-0.25, -0.2) is 4.79 Å². The number of methoxy groups -OCH3 is 1. The summed E-state index contributed by atoms with van der Waals surface area (Å²) in [6, 6.07) is 11.9. The molecule has 0 radical (unpaired) electrons. The van der Waals surface area contributed by atoms with E-state index < -0.39 is 23.4 Å². The quantitative estimate of drug-likeness (QED) is 0.283. The molecule has 0 aliphatic rings. The average Bonchev–Trinajstić information content (AvgIpc) is 2.72. The molecular formula is C19H18N4O6. The van der Waals surface area contributed by atoms with Crippen molar-refractivity contribution in [2.75, 3.05) is 37.5 Å². The molecule has 0 fully saturated rings. The second-order valence-corrected chi connectivity index (χ2v) is 5.72. The topological polar surface area (TPSA) is 144 Å². The number of carbonyl (C=O) groups excluding carboxylic acids is 2. The first-order valence-corrected chi connectivity index (χ1v) is 8.43. The molecule has 2 N–H and O–H groups in total. The highest BCUT2D eigenvalue weighted by atomic mass is 16.6. The standard InChI is InChI=1S/C19H18N4O6/c1-28-8-7-21-17-6-5-15(23(26)27)10-16(17)19(25)29-12-18(24)22-14-4-2-3-13(9-14)11-20/h2-6,9-10,21H,7-8,12H2,1H3,(H,22,24). The zero-order valence-electron chi connectivity index (χ0n) is 15.5. The number of nitro groups is 1. The van der Waals surface area contributed by atoms with E-state index in [1.807, 2.05) is 6.07 Å². The Morgan fingerprint density at radius 3 is 2.72 bits per heavy atom. The molecule has 0 heterocycles. The monoisotopic (exact) mass is 398 g/mol. The molecule has 0 spiro atoms. The van der Waals surface area contributed by atoms with Crippen LogP contribution in [0.2, 0.25) is 0 Å². The van der Waals surface area contributed by atoms with Crippen molar-refractivity contribution in [3.63, 3.8) is 0 Å². The summed E-state index contributed by atoms with van der Waals surface area (Å²) >= 11 is 0. The fraction of sp³-hybridized carbons (Fsp3) is 0.211. The number of hydrogen-bond donors (Lipinski definition) is 2. The second-order valence-electron chi connectivity index (χ2n) is 5.72. The Hall–Kier alpha value is -3.97. The zero-order valence-corrected chi connectivity index (χ0v) is 15.5. The van der Waals surface area contributed by atoms with E-state index in [0.29, 0.717) is 30.1 Å². The van der Waals surface area contributed by atoms with Crippen LogP contribution in [-0.2, 0) is 14.3 Å². The summed E-state index contributed by atoms with van der Waals surface area (Å²) in [7, 11) is 1.51. The van der Waals surface area contributed by atoms with Gasteiger partial charge in [0.1, 0.15) is 0 Å². The van der Waals surface area contributed by atoms with Crippen LogP contribution < -0.4 is 10.6 Å². The van der Waals surface area contributed by atoms with Gasteiger partial charge in [0.15, 0.2) is 6.61 Å². The fourth-order valence-electron chi connectivity index (χ4n) is 2.33. The van der Waals surface area contributed by atoms with E-state index in [2.05, 4.69) is 10.6 Å². The number of hydrogen-bond acceptors (Lipinski definition) is 8. The molecule has 0 aromatic heterocycles. The Labute approximate surface area is 166 Å². The Kier molecular flexibility index (Phi) is 7.64. The molecule has 0 aliphatic carbocycles. The van der Waals surface area contributed by atoms with Crippen molar-refractivity contribution >= 4 is 28.9 Å². The number of esters is 1. The summed E-state index contributed by atoms with van der Waals surface area (Å²) in [4.78, 5) is 34.8. The van der Waals surface area contributed by atoms with Crippen molar-refractivity contribution in [2.24, 2.45) is 0 Å². The number of nitro benzene ring substituents is 1. The highest BCUT2D eigenvalue weighted by molar-refractivity contribution is 5.99. The third-order valence-corrected chi connectivity index (χ3v) is 3.67. The molecule has 29 heavy (non-hydrogen) atoms. The third-order valence-electron chi connectivity index (χ3n) is 3.67. The van der Waals surface area contributed by atoms with Crippen LogP contribution >= 0.6 is 0 Å². The van der Waals surface area contributed by atoms with E-state index in [4.69, 9.17) is 14.7 Å². The first-order valence-electron chi connectivity index (χ1n) is 8.43. The first-order chi connectivity index (χ1) is 13.9. The predicted molar refractivity (Wildman–Crippen MR) is 104 cm³/mol. The Bertz CT molecular complexity index is 954. The normalized spacial score (nSPS) is 9.93. The summed E-state index contributed by atoms with van der Waals surface area (Å²) in [5.74, 6) is -1.51. The summed E-state index contributed by atoms with van der Waals surface area (Å²) in [6.07, 6.45) is 0. The molecule has 0 saturated heterocycles. The van der Waals surface area contributed by atoms with Crippen molar-refractivity contribution in [1.82, 2.24) is 0 Å². The Morgan fingerprint density at radius 2 is 2.03 bits per heavy atom. The zero-order chi connectivity index (χ0) is 21.2. The molecular weight excluding hydrogens is 380 g/mol. The molecule has 0 bridgehead atoms. The van der Waals surface area contributed by atoms with Crippen molar-refractivity contribution in [3.05, 3.63) is 63.7 Å². The molecule has 10 nitrogen and oxygen atoms in total. The highest BCUT2D eigenvalue weighted by Gasteiger charge is 2.19. The molecule has 10 heteroatoms. The minimum Gasteiger partial charge on any atom is -0.452 e. The molecule has 2 aromatic rings. The van der Waals surface area contributed by atoms with E-state index in [1.54, 1.807) is 18.2 Å². The molecule has 0 aliphatic heterocycles. The lowest BCUT2D eigenvalue weighted by atomic mass is 10.1. The summed E-state index contributed by atoms with van der Waals surface area (Å²) < 4.78 is 9.91. The van der Waals surface area contributed by atoms with Crippen LogP contribution in [0.15, 0.2) is 42.5 Å². The molecule has 1 amide bonds. The van der Waals surface area contributed by atoms with Crippen LogP contribution in [0.5, 0.6) is 0 Å². The average molecular weight is 398 g/mol. The molecule has 0 unspecified atom stereocenters. The Balaban J connectivity index is 2.06. The maximum absolute atomic E-state index is 12.4. The van der Waals surface area contributed by atoms with Gasteiger partial charge in [0.2, 0.25) is 0 Å². The van der Waals surface area contributed by atoms with Crippen LogP contribution in [0.25, 0.3) is 0 Å². The number of nitrogens with one attached hydrogen (secondary N) is 2. The summed E-state index contributed by atoms with van der Waals surface area (Å²) in [5, 5.41) is 25.3. The van der Waals surface area contributed by atoms with Gasteiger partial charge in [-0.05, 0) is 24.3 Å². The molecule has 2 rings (SSSR count). The molecule has 0 saturated carbocycles. The van der Waals surface area contributed by atoms with Crippen LogP contribution in [0.3, 0.4) is 0 Å². The van der Waals surface area contributed by atoms with E-state index in [-0.39, 0.29) is 11.3 Å². The van der Waals surface area contributed by atoms with Crippen LogP contribution in [0.4, 0.5) is 17.1 Å². The highest BCUT2D eigenvalue weighted by Crippen LogP contribution is 2.23. The first kappa shape index (κ1) is 21.3. The van der Waals surface area contributed by atoms with Crippen molar-refractivity contribution in [2.45, 2.75) is 0 Å². The maximum Gasteiger partial charge on any atom is 0.341 e. The molecule has 150 valence electrons. The van der Waals surface area contributed by atoms with Crippen LogP contribution in [0.1, 0.15) is 15.9 Å². The number of nitrogens with zero attached hydrogens (tertiary/aromatic N) is 2. The SMILES string of the molecule is COCCNc1ccc([N+](=O)[O-])cc1C(=O)OCC(=O)Nc1cccc(C#N)c1. The third kappa shape index (κ3) is 6.30. The lowest BCUT2D eigenvalue weighted by Gasteiger charge is -2.12. The number of carbonyl (C=O) groups is 2. The van der Waals surface area contributed by atoms with Gasteiger partial charge in [-0.3, -0.25) is 14.9 Å². The van der Waals surface area contributed by atoms with Crippen LogP contribution in [0, 0.1) is 21.4 Å². The van der Waals surface area contributed by atoms with Gasteiger partial charge in [0, 0.05) is 37.2 Å². The van der Waals surface area contributed by atoms with E-state index >= 15 is 0 Å². The van der Waals surface area contributed by atoms with Gasteiger partial charge in [-0.2, -0.15) is 5.26 Å². The predicted octanol–water partition coefficient (Wildman–Crippen LogP) is 2.32. The van der Waals surface area contributed by atoms with E-state index in [1.165, 1.54) is 25.3 Å². The number of benzene rings is 2. The van der Waals surface area contributed by atoms with Gasteiger partial charge < -0.3 is 20.1 Å². The number of rotatable bonds is 9. The maximum atomic E-state index is 12.4. The van der Waals surface area contributed by atoms with Gasteiger partial charge in [0.05, 0.1) is 28.7 Å². The number of anilines is 2. The summed E-state index contributed by atoms with van der Waals surface area (Å²) in [5.41, 5.74) is 0.701. The minimum absolute atomic E-state index is 0.0745. The number of ether oxygens (including phenoxy) is 2. The smallest absolute Gasteiger partial charge is 0.341 e. The minimum atomic E-state index is -0.894. The lowest BCUT2D eigenvalue weighted by molar-refractivity contribution is -0.384. The largest absolute Gasteiger partial charge is 0.452 e. The van der Waals surface area contributed by atoms with Gasteiger partial charge in [-0.15, -0.1) is 0 Å². The molecule has 2 aromatic carbocycles. The van der Waals surface area contributed by atoms with Gasteiger partial charge >= 0.3 is 5.97 Å². The van der Waals surface area contributed by atoms with Crippen molar-refractivity contribution in [3.8, 4) is 6.07 Å². The number of non-ortho nitro benzene ring substituents is 1. The fourth-order valence-corrected chi connectivity index (χ4v) is 2.33.